The van der Waals surface area contributed by atoms with Gasteiger partial charge in [0.25, 0.3) is 0 Å². The van der Waals surface area contributed by atoms with Crippen molar-refractivity contribution in [3.8, 4) is 0 Å². The van der Waals surface area contributed by atoms with Crippen LogP contribution in [0.25, 0.3) is 0 Å². The second kappa shape index (κ2) is 8.99. The molecule has 1 unspecified atom stereocenters. The maximum atomic E-state index is 11.7. The van der Waals surface area contributed by atoms with E-state index >= 15 is 0 Å². The lowest BCUT2D eigenvalue weighted by atomic mass is 10.2. The Hall–Kier alpha value is -1.15. The quantitative estimate of drug-likeness (QED) is 0.622. The summed E-state index contributed by atoms with van der Waals surface area (Å²) < 4.78 is 0.838. The smallest absolute Gasteiger partial charge is 0.230 e. The van der Waals surface area contributed by atoms with Gasteiger partial charge in [-0.05, 0) is 5.56 Å². The topological polar surface area (TPSA) is 80.9 Å². The molecular formula is C13H17ClN4OS2. The van der Waals surface area contributed by atoms with E-state index in [9.17, 15) is 4.79 Å². The number of anilines is 1. The molecule has 2 aromatic rings. The maximum Gasteiger partial charge on any atom is 0.230 e. The van der Waals surface area contributed by atoms with Gasteiger partial charge in [0.15, 0.2) is 4.34 Å². The molecule has 114 valence electrons. The van der Waals surface area contributed by atoms with Gasteiger partial charge in [0.1, 0.15) is 0 Å². The van der Waals surface area contributed by atoms with Crippen molar-refractivity contribution in [2.24, 2.45) is 11.7 Å². The number of carbonyl (C=O) groups is 1. The molecule has 5 nitrogen and oxygen atoms in total. The van der Waals surface area contributed by atoms with E-state index in [0.29, 0.717) is 11.7 Å². The summed E-state index contributed by atoms with van der Waals surface area (Å²) in [5.41, 5.74) is 6.68. The van der Waals surface area contributed by atoms with Crippen LogP contribution in [-0.2, 0) is 10.5 Å². The molecular weight excluding hydrogens is 328 g/mol. The van der Waals surface area contributed by atoms with Crippen LogP contribution < -0.4 is 11.1 Å². The molecule has 8 heteroatoms. The molecule has 0 aliphatic rings. The van der Waals surface area contributed by atoms with Crippen molar-refractivity contribution in [2.45, 2.75) is 17.0 Å². The van der Waals surface area contributed by atoms with Crippen LogP contribution in [0.4, 0.5) is 5.13 Å². The zero-order chi connectivity index (χ0) is 14.4. The molecule has 1 heterocycles. The number of rotatable bonds is 6. The van der Waals surface area contributed by atoms with Crippen molar-refractivity contribution in [3.05, 3.63) is 35.9 Å². The van der Waals surface area contributed by atoms with E-state index in [-0.39, 0.29) is 24.2 Å². The largest absolute Gasteiger partial charge is 0.330 e. The number of nitrogens with two attached hydrogens (primary N) is 1. The summed E-state index contributed by atoms with van der Waals surface area (Å²) in [6.45, 7) is 2.10. The van der Waals surface area contributed by atoms with E-state index in [0.717, 1.165) is 10.1 Å². The van der Waals surface area contributed by atoms with Crippen molar-refractivity contribution < 1.29 is 4.79 Å². The van der Waals surface area contributed by atoms with Gasteiger partial charge in [-0.15, -0.1) is 22.6 Å². The summed E-state index contributed by atoms with van der Waals surface area (Å²) >= 11 is 2.98. The molecule has 0 aliphatic heterocycles. The summed E-state index contributed by atoms with van der Waals surface area (Å²) in [5, 5.41) is 11.3. The fourth-order valence-electron chi connectivity index (χ4n) is 1.37. The van der Waals surface area contributed by atoms with Crippen molar-refractivity contribution in [2.75, 3.05) is 11.9 Å². The molecule has 2 rings (SSSR count). The van der Waals surface area contributed by atoms with Crippen LogP contribution in [-0.4, -0.2) is 22.6 Å². The number of nitrogens with zero attached hydrogens (tertiary/aromatic N) is 2. The summed E-state index contributed by atoms with van der Waals surface area (Å²) in [5.74, 6) is 0.491. The third-order valence-corrected chi connectivity index (χ3v) is 4.69. The van der Waals surface area contributed by atoms with Gasteiger partial charge in [0.05, 0.1) is 0 Å². The molecule has 1 aromatic heterocycles. The number of aromatic nitrogens is 2. The standard InChI is InChI=1S/C13H16N4OS2.ClH/c1-9(7-14)11(18)15-12-16-17-13(20-12)19-8-10-5-3-2-4-6-10;/h2-6,9H,7-8,14H2,1H3,(H,15,16,18);1H. The van der Waals surface area contributed by atoms with Gasteiger partial charge < -0.3 is 11.1 Å². The van der Waals surface area contributed by atoms with Gasteiger partial charge in [0, 0.05) is 18.2 Å². The van der Waals surface area contributed by atoms with Crippen LogP contribution in [0.5, 0.6) is 0 Å². The first-order valence-electron chi connectivity index (χ1n) is 6.20. The first-order chi connectivity index (χ1) is 9.69. The minimum atomic E-state index is -0.223. The van der Waals surface area contributed by atoms with E-state index in [1.165, 1.54) is 16.9 Å². The molecule has 0 bridgehead atoms. The fraction of sp³-hybridized carbons (Fsp3) is 0.308. The Kier molecular flexibility index (Phi) is 7.66. The predicted molar refractivity (Wildman–Crippen MR) is 90.0 cm³/mol. The van der Waals surface area contributed by atoms with Gasteiger partial charge in [-0.2, -0.15) is 0 Å². The molecule has 0 saturated heterocycles. The Morgan fingerprint density at radius 1 is 1.38 bits per heavy atom. The second-order valence-corrected chi connectivity index (χ2v) is 6.47. The molecule has 1 atom stereocenters. The molecule has 1 amide bonds. The number of carbonyl (C=O) groups excluding carboxylic acids is 1. The maximum absolute atomic E-state index is 11.7. The number of nitrogens with one attached hydrogen (secondary N) is 1. The zero-order valence-electron chi connectivity index (χ0n) is 11.5. The van der Waals surface area contributed by atoms with Gasteiger partial charge in [0.2, 0.25) is 11.0 Å². The summed E-state index contributed by atoms with van der Waals surface area (Å²) in [6.07, 6.45) is 0. The highest BCUT2D eigenvalue weighted by atomic mass is 35.5. The lowest BCUT2D eigenvalue weighted by molar-refractivity contribution is -0.119. The second-order valence-electron chi connectivity index (χ2n) is 4.27. The molecule has 0 fully saturated rings. The van der Waals surface area contributed by atoms with Gasteiger partial charge in [-0.1, -0.05) is 60.4 Å². The lowest BCUT2D eigenvalue weighted by Gasteiger charge is -2.05. The minimum absolute atomic E-state index is 0. The van der Waals surface area contributed by atoms with Gasteiger partial charge >= 0.3 is 0 Å². The number of thioether (sulfide) groups is 1. The molecule has 3 N–H and O–H groups in total. The summed E-state index contributed by atoms with van der Waals surface area (Å²) in [4.78, 5) is 11.7. The Bertz CT molecular complexity index is 564. The molecule has 21 heavy (non-hydrogen) atoms. The third kappa shape index (κ3) is 5.62. The van der Waals surface area contributed by atoms with E-state index in [2.05, 4.69) is 27.6 Å². The number of hydrogen-bond acceptors (Lipinski definition) is 6. The molecule has 0 aliphatic carbocycles. The first kappa shape index (κ1) is 17.9. The Balaban J connectivity index is 0.00000220. The molecule has 0 radical (unpaired) electrons. The first-order valence-corrected chi connectivity index (χ1v) is 8.00. The van der Waals surface area contributed by atoms with Crippen LogP contribution in [0.1, 0.15) is 12.5 Å². The van der Waals surface area contributed by atoms with Gasteiger partial charge in [-0.3, -0.25) is 4.79 Å². The van der Waals surface area contributed by atoms with Crippen LogP contribution in [0, 0.1) is 5.92 Å². The molecule has 1 aromatic carbocycles. The van der Waals surface area contributed by atoms with Crippen LogP contribution >= 0.6 is 35.5 Å². The van der Waals surface area contributed by atoms with E-state index < -0.39 is 0 Å². The summed E-state index contributed by atoms with van der Waals surface area (Å²) in [7, 11) is 0. The van der Waals surface area contributed by atoms with Crippen LogP contribution in [0.2, 0.25) is 0 Å². The molecule has 0 saturated carbocycles. The SMILES string of the molecule is CC(CN)C(=O)Nc1nnc(SCc2ccccc2)s1.Cl. The van der Waals surface area contributed by atoms with E-state index in [1.54, 1.807) is 18.7 Å². The minimum Gasteiger partial charge on any atom is -0.330 e. The number of halogens is 1. The average Bonchev–Trinajstić information content (AvgIpc) is 2.92. The van der Waals surface area contributed by atoms with E-state index in [1.807, 2.05) is 18.2 Å². The van der Waals surface area contributed by atoms with Crippen molar-refractivity contribution in [1.29, 1.82) is 0 Å². The number of amides is 1. The highest BCUT2D eigenvalue weighted by Gasteiger charge is 2.13. The predicted octanol–water partition coefficient (Wildman–Crippen LogP) is 2.79. The highest BCUT2D eigenvalue weighted by Crippen LogP contribution is 2.28. The third-order valence-electron chi connectivity index (χ3n) is 2.64. The Labute approximate surface area is 138 Å². The lowest BCUT2D eigenvalue weighted by Crippen LogP contribution is -2.26. The summed E-state index contributed by atoms with van der Waals surface area (Å²) in [6, 6.07) is 10.1. The Morgan fingerprint density at radius 2 is 2.10 bits per heavy atom. The number of hydrogen-bond donors (Lipinski definition) is 2. The van der Waals surface area contributed by atoms with Gasteiger partial charge in [-0.25, -0.2) is 0 Å². The van der Waals surface area contributed by atoms with Crippen LogP contribution in [0.15, 0.2) is 34.7 Å². The average molecular weight is 345 g/mol. The van der Waals surface area contributed by atoms with Crippen molar-refractivity contribution in [1.82, 2.24) is 10.2 Å². The number of benzene rings is 1. The fourth-order valence-corrected chi connectivity index (χ4v) is 3.08. The normalized spacial score (nSPS) is 11.5. The van der Waals surface area contributed by atoms with Crippen molar-refractivity contribution in [3.63, 3.8) is 0 Å². The van der Waals surface area contributed by atoms with Crippen LogP contribution in [0.3, 0.4) is 0 Å². The van der Waals surface area contributed by atoms with Crippen molar-refractivity contribution >= 4 is 46.5 Å². The Morgan fingerprint density at radius 3 is 2.76 bits per heavy atom. The van der Waals surface area contributed by atoms with E-state index in [4.69, 9.17) is 5.73 Å². The highest BCUT2D eigenvalue weighted by molar-refractivity contribution is 8.00. The zero-order valence-corrected chi connectivity index (χ0v) is 13.9. The molecule has 0 spiro atoms. The monoisotopic (exact) mass is 344 g/mol.